The molecule has 0 bridgehead atoms. The lowest BCUT2D eigenvalue weighted by atomic mass is 10.1. The quantitative estimate of drug-likeness (QED) is 0.486. The second-order valence-corrected chi connectivity index (χ2v) is 7.41. The lowest BCUT2D eigenvalue weighted by Crippen LogP contribution is -2.28. The highest BCUT2D eigenvalue weighted by Crippen LogP contribution is 2.24. The van der Waals surface area contributed by atoms with E-state index in [1.165, 1.54) is 0 Å². The second-order valence-electron chi connectivity index (χ2n) is 6.50. The molecule has 0 radical (unpaired) electrons. The molecule has 5 heteroatoms. The summed E-state index contributed by atoms with van der Waals surface area (Å²) in [4.78, 5) is 25.3. The van der Waals surface area contributed by atoms with E-state index in [9.17, 15) is 9.59 Å². The van der Waals surface area contributed by atoms with Gasteiger partial charge in [-0.3, -0.25) is 9.59 Å². The van der Waals surface area contributed by atoms with Crippen molar-refractivity contribution >= 4 is 33.9 Å². The van der Waals surface area contributed by atoms with Crippen LogP contribution in [0.4, 0.5) is 5.69 Å². The number of benzene rings is 1. The summed E-state index contributed by atoms with van der Waals surface area (Å²) in [6.07, 6.45) is 2.92. The smallest absolute Gasteiger partial charge is 0.306 e. The van der Waals surface area contributed by atoms with Gasteiger partial charge in [0.1, 0.15) is 5.60 Å². The molecule has 0 aliphatic carbocycles. The number of nitrogens with zero attached hydrogens (tertiary/aromatic N) is 1. The van der Waals surface area contributed by atoms with Gasteiger partial charge < -0.3 is 9.64 Å². The first-order valence-corrected chi connectivity index (χ1v) is 8.77. The number of aldehydes is 1. The molecule has 0 N–H and O–H groups in total. The standard InChI is InChI=1S/C18H26BrNO3/c1-5-10-20(11-6-7-17(22)23-18(2,3)4)16-9-8-15(19)12-14(16)13-21/h8-9,12-13H,5-7,10-11H2,1-4H3. The van der Waals surface area contributed by atoms with Crippen LogP contribution in [0.5, 0.6) is 0 Å². The van der Waals surface area contributed by atoms with Gasteiger partial charge in [-0.1, -0.05) is 22.9 Å². The fourth-order valence-corrected chi connectivity index (χ4v) is 2.72. The number of carbonyl (C=O) groups is 2. The maximum Gasteiger partial charge on any atom is 0.306 e. The van der Waals surface area contributed by atoms with Gasteiger partial charge >= 0.3 is 5.97 Å². The number of esters is 1. The highest BCUT2D eigenvalue weighted by molar-refractivity contribution is 9.10. The van der Waals surface area contributed by atoms with Crippen molar-refractivity contribution in [2.24, 2.45) is 0 Å². The maximum absolute atomic E-state index is 11.8. The van der Waals surface area contributed by atoms with Gasteiger partial charge in [0.2, 0.25) is 0 Å². The molecule has 0 saturated heterocycles. The molecule has 1 aromatic rings. The summed E-state index contributed by atoms with van der Waals surface area (Å²) in [5.41, 5.74) is 1.12. The van der Waals surface area contributed by atoms with E-state index in [1.54, 1.807) is 0 Å². The topological polar surface area (TPSA) is 46.6 Å². The molecule has 1 rings (SSSR count). The Balaban J connectivity index is 2.69. The van der Waals surface area contributed by atoms with Gasteiger partial charge in [-0.25, -0.2) is 0 Å². The molecule has 0 spiro atoms. The molecule has 4 nitrogen and oxygen atoms in total. The molecule has 128 valence electrons. The number of anilines is 1. The molecule has 0 atom stereocenters. The Morgan fingerprint density at radius 3 is 2.57 bits per heavy atom. The van der Waals surface area contributed by atoms with E-state index in [2.05, 4.69) is 27.8 Å². The lowest BCUT2D eigenvalue weighted by molar-refractivity contribution is -0.154. The van der Waals surface area contributed by atoms with Crippen molar-refractivity contribution in [1.29, 1.82) is 0 Å². The zero-order chi connectivity index (χ0) is 17.5. The van der Waals surface area contributed by atoms with Crippen molar-refractivity contribution in [2.45, 2.75) is 52.6 Å². The highest BCUT2D eigenvalue weighted by atomic mass is 79.9. The fourth-order valence-electron chi connectivity index (χ4n) is 2.34. The van der Waals surface area contributed by atoms with E-state index in [-0.39, 0.29) is 5.97 Å². The summed E-state index contributed by atoms with van der Waals surface area (Å²) in [7, 11) is 0. The summed E-state index contributed by atoms with van der Waals surface area (Å²) >= 11 is 3.39. The average Bonchev–Trinajstić information content (AvgIpc) is 2.44. The van der Waals surface area contributed by atoms with Crippen LogP contribution in [0.3, 0.4) is 0 Å². The highest BCUT2D eigenvalue weighted by Gasteiger charge is 2.17. The molecule has 0 aromatic heterocycles. The van der Waals surface area contributed by atoms with Crippen LogP contribution in [0, 0.1) is 0 Å². The Bertz CT molecular complexity index is 538. The lowest BCUT2D eigenvalue weighted by Gasteiger charge is -2.26. The zero-order valence-electron chi connectivity index (χ0n) is 14.4. The first-order chi connectivity index (χ1) is 10.8. The molecule has 0 fully saturated rings. The third kappa shape index (κ3) is 7.16. The van der Waals surface area contributed by atoms with Crippen LogP contribution < -0.4 is 4.90 Å². The van der Waals surface area contributed by atoms with E-state index >= 15 is 0 Å². The van der Waals surface area contributed by atoms with Gasteiger partial charge in [-0.15, -0.1) is 0 Å². The van der Waals surface area contributed by atoms with E-state index in [0.29, 0.717) is 18.4 Å². The summed E-state index contributed by atoms with van der Waals surface area (Å²) in [6.45, 7) is 9.26. The molecular formula is C18H26BrNO3. The minimum absolute atomic E-state index is 0.180. The fraction of sp³-hybridized carbons (Fsp3) is 0.556. The van der Waals surface area contributed by atoms with Crippen LogP contribution in [0.25, 0.3) is 0 Å². The van der Waals surface area contributed by atoms with Gasteiger partial charge in [-0.2, -0.15) is 0 Å². The van der Waals surface area contributed by atoms with Gasteiger partial charge in [0.15, 0.2) is 6.29 Å². The number of carbonyl (C=O) groups excluding carboxylic acids is 2. The predicted octanol–water partition coefficient (Wildman–Crippen LogP) is 4.60. The summed E-state index contributed by atoms with van der Waals surface area (Å²) in [5.74, 6) is -0.180. The summed E-state index contributed by atoms with van der Waals surface area (Å²) < 4.78 is 6.21. The SMILES string of the molecule is CCCN(CCCC(=O)OC(C)(C)C)c1ccc(Br)cc1C=O. The molecule has 0 amide bonds. The van der Waals surface area contributed by atoms with E-state index in [1.807, 2.05) is 39.0 Å². The monoisotopic (exact) mass is 383 g/mol. The molecule has 0 aliphatic heterocycles. The molecule has 0 aliphatic rings. The molecule has 0 unspecified atom stereocenters. The number of ether oxygens (including phenoxy) is 1. The van der Waals surface area contributed by atoms with Gasteiger partial charge in [-0.05, 0) is 51.8 Å². The van der Waals surface area contributed by atoms with Gasteiger partial charge in [0.05, 0.1) is 0 Å². The van der Waals surface area contributed by atoms with Gasteiger partial charge in [0, 0.05) is 35.2 Å². The van der Waals surface area contributed by atoms with Crippen molar-refractivity contribution in [3.05, 3.63) is 28.2 Å². The van der Waals surface area contributed by atoms with E-state index in [0.717, 1.165) is 36.0 Å². The van der Waals surface area contributed by atoms with Gasteiger partial charge in [0.25, 0.3) is 0 Å². The van der Waals surface area contributed by atoms with Crippen molar-refractivity contribution in [3.63, 3.8) is 0 Å². The number of rotatable bonds is 8. The van der Waals surface area contributed by atoms with Crippen molar-refractivity contribution in [1.82, 2.24) is 0 Å². The van der Waals surface area contributed by atoms with E-state index < -0.39 is 5.60 Å². The normalized spacial score (nSPS) is 11.2. The number of hydrogen-bond donors (Lipinski definition) is 0. The van der Waals surface area contributed by atoms with Crippen molar-refractivity contribution < 1.29 is 14.3 Å². The third-order valence-corrected chi connectivity index (χ3v) is 3.67. The predicted molar refractivity (Wildman–Crippen MR) is 97.1 cm³/mol. The molecule has 1 aromatic carbocycles. The van der Waals surface area contributed by atoms with Crippen LogP contribution >= 0.6 is 15.9 Å². The van der Waals surface area contributed by atoms with Crippen LogP contribution in [-0.2, 0) is 9.53 Å². The molecule has 0 saturated carbocycles. The number of hydrogen-bond acceptors (Lipinski definition) is 4. The zero-order valence-corrected chi connectivity index (χ0v) is 16.0. The first kappa shape index (κ1) is 19.7. The Morgan fingerprint density at radius 1 is 1.30 bits per heavy atom. The minimum Gasteiger partial charge on any atom is -0.460 e. The first-order valence-electron chi connectivity index (χ1n) is 7.98. The minimum atomic E-state index is -0.448. The van der Waals surface area contributed by atoms with Crippen LogP contribution in [0.2, 0.25) is 0 Å². The van der Waals surface area contributed by atoms with Crippen molar-refractivity contribution in [2.75, 3.05) is 18.0 Å². The maximum atomic E-state index is 11.8. The van der Waals surface area contributed by atoms with Crippen molar-refractivity contribution in [3.8, 4) is 0 Å². The second kappa shape index (κ2) is 9.06. The Hall–Kier alpha value is -1.36. The molecule has 23 heavy (non-hydrogen) atoms. The molecule has 0 heterocycles. The largest absolute Gasteiger partial charge is 0.460 e. The van der Waals surface area contributed by atoms with Crippen LogP contribution in [0.15, 0.2) is 22.7 Å². The Labute approximate surface area is 147 Å². The third-order valence-electron chi connectivity index (χ3n) is 3.18. The van der Waals surface area contributed by atoms with Crippen LogP contribution in [0.1, 0.15) is 57.3 Å². The Kier molecular flexibility index (Phi) is 7.76. The van der Waals surface area contributed by atoms with E-state index in [4.69, 9.17) is 4.74 Å². The summed E-state index contributed by atoms with van der Waals surface area (Å²) in [5, 5.41) is 0. The Morgan fingerprint density at radius 2 is 2.00 bits per heavy atom. The molecular weight excluding hydrogens is 358 g/mol. The summed E-state index contributed by atoms with van der Waals surface area (Å²) in [6, 6.07) is 5.69. The average molecular weight is 384 g/mol. The van der Waals surface area contributed by atoms with Crippen LogP contribution in [-0.4, -0.2) is 30.9 Å². The number of halogens is 1.